The van der Waals surface area contributed by atoms with Crippen molar-refractivity contribution in [3.05, 3.63) is 87.9 Å². The van der Waals surface area contributed by atoms with Crippen LogP contribution in [0.1, 0.15) is 22.0 Å². The second-order valence-corrected chi connectivity index (χ2v) is 9.72. The van der Waals surface area contributed by atoms with E-state index in [4.69, 9.17) is 0 Å². The van der Waals surface area contributed by atoms with Gasteiger partial charge >= 0.3 is 0 Å². The fourth-order valence-corrected chi connectivity index (χ4v) is 5.66. The van der Waals surface area contributed by atoms with Crippen molar-refractivity contribution in [3.63, 3.8) is 0 Å². The number of fused-ring (bicyclic) bond motifs is 1. The molecule has 0 amide bonds. The molecule has 2 N–H and O–H groups in total. The molecule has 0 fully saturated rings. The molecule has 2 heterocycles. The summed E-state index contributed by atoms with van der Waals surface area (Å²) in [6.45, 7) is 2.13. The summed E-state index contributed by atoms with van der Waals surface area (Å²) in [4.78, 5) is 2.59. The summed E-state index contributed by atoms with van der Waals surface area (Å²) in [5, 5.41) is 2.02. The maximum Gasteiger partial charge on any atom is 0.240 e. The zero-order valence-electron chi connectivity index (χ0n) is 15.3. The topological polar surface area (TPSA) is 50.6 Å². The van der Waals surface area contributed by atoms with Crippen LogP contribution in [0.25, 0.3) is 0 Å². The van der Waals surface area contributed by atoms with Gasteiger partial charge in [-0.25, -0.2) is 17.5 Å². The molecule has 4 rings (SSSR count). The van der Waals surface area contributed by atoms with Crippen LogP contribution < -0.4 is 9.62 Å². The number of halogens is 1. The van der Waals surface area contributed by atoms with Gasteiger partial charge in [-0.1, -0.05) is 30.3 Å². The Morgan fingerprint density at radius 2 is 1.79 bits per heavy atom. The monoisotopic (exact) mass is 417 g/mol. The van der Waals surface area contributed by atoms with Gasteiger partial charge in [0.15, 0.2) is 0 Å². The quantitative estimate of drug-likeness (QED) is 0.648. The zero-order valence-corrected chi connectivity index (χ0v) is 16.9. The van der Waals surface area contributed by atoms with E-state index in [1.54, 1.807) is 11.3 Å². The molecule has 7 heteroatoms. The van der Waals surface area contributed by atoms with E-state index in [9.17, 15) is 12.8 Å². The molecule has 3 aromatic rings. The number of sulfonamides is 1. The van der Waals surface area contributed by atoms with Crippen LogP contribution in [0.2, 0.25) is 0 Å². The zero-order chi connectivity index (χ0) is 19.6. The van der Waals surface area contributed by atoms with Crippen LogP contribution in [0.5, 0.6) is 0 Å². The minimum atomic E-state index is -3.69. The molecule has 1 aromatic heterocycles. The van der Waals surface area contributed by atoms with Crippen LogP contribution in [-0.4, -0.2) is 21.5 Å². The molecular formula is C21H22FN2O2S2+. The molecule has 0 saturated heterocycles. The van der Waals surface area contributed by atoms with Crippen molar-refractivity contribution >= 4 is 21.4 Å². The Labute approximate surface area is 168 Å². The summed E-state index contributed by atoms with van der Waals surface area (Å²) >= 11 is 1.65. The van der Waals surface area contributed by atoms with Gasteiger partial charge in [-0.05, 0) is 41.3 Å². The van der Waals surface area contributed by atoms with E-state index in [0.717, 1.165) is 36.5 Å². The van der Waals surface area contributed by atoms with Gasteiger partial charge < -0.3 is 4.90 Å². The van der Waals surface area contributed by atoms with Crippen LogP contribution in [0, 0.1) is 5.82 Å². The third kappa shape index (κ3) is 4.17. The Bertz CT molecular complexity index is 1030. The Kier molecular flexibility index (Phi) is 5.59. The third-order valence-corrected chi connectivity index (χ3v) is 7.66. The summed E-state index contributed by atoms with van der Waals surface area (Å²) in [6.07, 6.45) is 0.984. The van der Waals surface area contributed by atoms with Gasteiger partial charge in [-0.3, -0.25) is 0 Å². The maximum absolute atomic E-state index is 13.1. The molecule has 4 nitrogen and oxygen atoms in total. The standard InChI is InChI=1S/C21H21FN2O2S2/c22-18-7-9-19(10-8-18)28(25,26)23-14-20(21-6-3-13-27-21)24-12-11-16-4-1-2-5-17(16)15-24/h1-10,13,20,23H,11-12,14-15H2/p+1/t20-/m1/s1. The lowest BCUT2D eigenvalue weighted by Crippen LogP contribution is -3.12. The van der Waals surface area contributed by atoms with Crippen molar-refractivity contribution in [2.45, 2.75) is 23.9 Å². The SMILES string of the molecule is O=S(=O)(NC[C@H](c1cccs1)[NH+]1CCc2ccccc2C1)c1ccc(F)cc1. The van der Waals surface area contributed by atoms with Crippen molar-refractivity contribution in [2.75, 3.05) is 13.1 Å². The maximum atomic E-state index is 13.1. The molecule has 0 aliphatic carbocycles. The lowest BCUT2D eigenvalue weighted by molar-refractivity contribution is -0.945. The van der Waals surface area contributed by atoms with E-state index in [1.807, 2.05) is 11.4 Å². The van der Waals surface area contributed by atoms with Crippen LogP contribution in [0.3, 0.4) is 0 Å². The first-order valence-corrected chi connectivity index (χ1v) is 11.6. The summed E-state index contributed by atoms with van der Waals surface area (Å²) in [5.41, 5.74) is 2.70. The Hall–Kier alpha value is -2.06. The van der Waals surface area contributed by atoms with Gasteiger partial charge in [0.25, 0.3) is 0 Å². The lowest BCUT2D eigenvalue weighted by atomic mass is 9.98. The fraction of sp³-hybridized carbons (Fsp3) is 0.238. The molecule has 2 atom stereocenters. The summed E-state index contributed by atoms with van der Waals surface area (Å²) in [5.74, 6) is -0.452. The normalized spacial score (nSPS) is 17.8. The number of quaternary nitrogens is 1. The smallest absolute Gasteiger partial charge is 0.240 e. The number of benzene rings is 2. The van der Waals surface area contributed by atoms with E-state index in [2.05, 4.69) is 35.1 Å². The van der Waals surface area contributed by atoms with Crippen molar-refractivity contribution in [3.8, 4) is 0 Å². The first-order valence-electron chi connectivity index (χ1n) is 9.23. The van der Waals surface area contributed by atoms with Crippen molar-refractivity contribution in [1.29, 1.82) is 0 Å². The Morgan fingerprint density at radius 1 is 1.04 bits per heavy atom. The van der Waals surface area contributed by atoms with Crippen LogP contribution >= 0.6 is 11.3 Å². The highest BCUT2D eigenvalue weighted by Crippen LogP contribution is 2.20. The molecule has 1 aliphatic heterocycles. The van der Waals surface area contributed by atoms with Crippen molar-refractivity contribution in [1.82, 2.24) is 4.72 Å². The van der Waals surface area contributed by atoms with Gasteiger partial charge in [0.2, 0.25) is 10.0 Å². The van der Waals surface area contributed by atoms with Gasteiger partial charge in [0.1, 0.15) is 18.4 Å². The first kappa shape index (κ1) is 19.3. The average Bonchev–Trinajstić information content (AvgIpc) is 3.23. The van der Waals surface area contributed by atoms with E-state index >= 15 is 0 Å². The molecule has 146 valence electrons. The second kappa shape index (κ2) is 8.13. The molecule has 0 spiro atoms. The molecule has 0 bridgehead atoms. The van der Waals surface area contributed by atoms with Gasteiger partial charge in [-0.2, -0.15) is 0 Å². The minimum Gasteiger partial charge on any atom is -0.323 e. The number of hydrogen-bond donors (Lipinski definition) is 2. The van der Waals surface area contributed by atoms with Crippen LogP contribution in [0.15, 0.2) is 70.9 Å². The molecule has 28 heavy (non-hydrogen) atoms. The molecule has 2 aromatic carbocycles. The average molecular weight is 418 g/mol. The number of nitrogens with one attached hydrogen (secondary N) is 2. The minimum absolute atomic E-state index is 0.0311. The molecular weight excluding hydrogens is 395 g/mol. The fourth-order valence-electron chi connectivity index (χ4n) is 3.73. The number of thiophene rings is 1. The highest BCUT2D eigenvalue weighted by Gasteiger charge is 2.30. The Balaban J connectivity index is 1.54. The van der Waals surface area contributed by atoms with E-state index < -0.39 is 15.8 Å². The predicted molar refractivity (Wildman–Crippen MR) is 108 cm³/mol. The highest BCUT2D eigenvalue weighted by atomic mass is 32.2. The third-order valence-electron chi connectivity index (χ3n) is 5.23. The Morgan fingerprint density at radius 3 is 2.50 bits per heavy atom. The van der Waals surface area contributed by atoms with E-state index in [1.165, 1.54) is 28.2 Å². The highest BCUT2D eigenvalue weighted by molar-refractivity contribution is 7.89. The van der Waals surface area contributed by atoms with Crippen molar-refractivity contribution in [2.24, 2.45) is 0 Å². The second-order valence-electron chi connectivity index (χ2n) is 6.98. The summed E-state index contributed by atoms with van der Waals surface area (Å²) < 4.78 is 41.2. The summed E-state index contributed by atoms with van der Waals surface area (Å²) in [6, 6.07) is 17.5. The molecule has 1 aliphatic rings. The molecule has 1 unspecified atom stereocenters. The molecule has 0 saturated carbocycles. The lowest BCUT2D eigenvalue weighted by Gasteiger charge is -2.32. The predicted octanol–water partition coefficient (Wildman–Crippen LogP) is 2.55. The number of rotatable bonds is 6. The van der Waals surface area contributed by atoms with Gasteiger partial charge in [-0.15, -0.1) is 11.3 Å². The van der Waals surface area contributed by atoms with Crippen LogP contribution in [-0.2, 0) is 23.0 Å². The van der Waals surface area contributed by atoms with Gasteiger partial charge in [0.05, 0.1) is 22.9 Å². The largest absolute Gasteiger partial charge is 0.323 e. The molecule has 0 radical (unpaired) electrons. The summed E-state index contributed by atoms with van der Waals surface area (Å²) in [7, 11) is -3.69. The van der Waals surface area contributed by atoms with E-state index in [-0.39, 0.29) is 10.9 Å². The van der Waals surface area contributed by atoms with Gasteiger partial charge in [0, 0.05) is 12.0 Å². The van der Waals surface area contributed by atoms with E-state index in [0.29, 0.717) is 6.54 Å². The van der Waals surface area contributed by atoms with Crippen molar-refractivity contribution < 1.29 is 17.7 Å². The number of hydrogen-bond acceptors (Lipinski definition) is 3. The van der Waals surface area contributed by atoms with Crippen LogP contribution in [0.4, 0.5) is 4.39 Å². The first-order chi connectivity index (χ1) is 13.5.